The third-order valence-corrected chi connectivity index (χ3v) is 4.29. The molecule has 0 heterocycles. The van der Waals surface area contributed by atoms with Gasteiger partial charge in [0.2, 0.25) is 5.91 Å². The maximum absolute atomic E-state index is 12.5. The fraction of sp³-hybridized carbons (Fsp3) is 0.263. The molecule has 0 unspecified atom stereocenters. The van der Waals surface area contributed by atoms with E-state index in [-0.39, 0.29) is 18.9 Å². The molecule has 2 aromatic carbocycles. The van der Waals surface area contributed by atoms with Gasteiger partial charge in [-0.3, -0.25) is 4.79 Å². The van der Waals surface area contributed by atoms with Crippen LogP contribution in [0.1, 0.15) is 30.5 Å². The van der Waals surface area contributed by atoms with E-state index in [2.05, 4.69) is 33.2 Å². The van der Waals surface area contributed by atoms with Crippen LogP contribution in [0, 0.1) is 10.5 Å². The number of rotatable bonds is 6. The third-order valence-electron chi connectivity index (χ3n) is 3.62. The molecule has 132 valence electrons. The molecule has 6 heteroatoms. The quantitative estimate of drug-likeness (QED) is 0.638. The summed E-state index contributed by atoms with van der Waals surface area (Å²) >= 11 is 2.23. The van der Waals surface area contributed by atoms with Gasteiger partial charge in [0.15, 0.2) is 0 Å². The number of nitrogens with one attached hydrogen (secondary N) is 2. The summed E-state index contributed by atoms with van der Waals surface area (Å²) in [4.78, 5) is 24.3. The van der Waals surface area contributed by atoms with Gasteiger partial charge in [0, 0.05) is 9.26 Å². The second-order valence-corrected chi connectivity index (χ2v) is 6.79. The minimum absolute atomic E-state index is 0.119. The second kappa shape index (κ2) is 9.41. The van der Waals surface area contributed by atoms with Crippen molar-refractivity contribution in [1.29, 1.82) is 0 Å². The first kappa shape index (κ1) is 19.2. The van der Waals surface area contributed by atoms with Crippen molar-refractivity contribution in [2.75, 3.05) is 11.9 Å². The number of halogens is 1. The van der Waals surface area contributed by atoms with E-state index >= 15 is 0 Å². The highest BCUT2D eigenvalue weighted by molar-refractivity contribution is 14.1. The van der Waals surface area contributed by atoms with Crippen LogP contribution in [0.4, 0.5) is 10.5 Å². The van der Waals surface area contributed by atoms with E-state index in [1.165, 1.54) is 0 Å². The maximum Gasteiger partial charge on any atom is 0.407 e. The average Bonchev–Trinajstić information content (AvgIpc) is 2.58. The van der Waals surface area contributed by atoms with Crippen LogP contribution in [-0.2, 0) is 9.53 Å². The minimum atomic E-state index is -0.533. The molecule has 0 spiro atoms. The Kier molecular flexibility index (Phi) is 7.24. The van der Waals surface area contributed by atoms with E-state index in [9.17, 15) is 9.59 Å². The van der Waals surface area contributed by atoms with E-state index in [0.717, 1.165) is 20.4 Å². The Morgan fingerprint density at radius 1 is 1.16 bits per heavy atom. The average molecular weight is 452 g/mol. The lowest BCUT2D eigenvalue weighted by atomic mass is 10.0. The van der Waals surface area contributed by atoms with Gasteiger partial charge in [-0.15, -0.1) is 0 Å². The fourth-order valence-corrected chi connectivity index (χ4v) is 3.05. The Bertz CT molecular complexity index is 735. The van der Waals surface area contributed by atoms with Crippen LogP contribution in [0.25, 0.3) is 0 Å². The molecule has 1 atom stereocenters. The smallest absolute Gasteiger partial charge is 0.407 e. The third kappa shape index (κ3) is 6.04. The van der Waals surface area contributed by atoms with E-state index in [4.69, 9.17) is 4.74 Å². The van der Waals surface area contributed by atoms with Crippen LogP contribution < -0.4 is 10.6 Å². The van der Waals surface area contributed by atoms with Gasteiger partial charge < -0.3 is 15.4 Å². The largest absolute Gasteiger partial charge is 0.450 e. The predicted molar refractivity (Wildman–Crippen MR) is 106 cm³/mol. The number of hydrogen-bond donors (Lipinski definition) is 2. The molecule has 0 radical (unpaired) electrons. The van der Waals surface area contributed by atoms with E-state index in [1.54, 1.807) is 6.92 Å². The zero-order chi connectivity index (χ0) is 18.2. The maximum atomic E-state index is 12.5. The van der Waals surface area contributed by atoms with Crippen LogP contribution >= 0.6 is 22.6 Å². The molecule has 0 aliphatic carbocycles. The Morgan fingerprint density at radius 3 is 2.52 bits per heavy atom. The van der Waals surface area contributed by atoms with Crippen molar-refractivity contribution in [2.45, 2.75) is 26.3 Å². The number of aryl methyl sites for hydroxylation is 1. The molecule has 25 heavy (non-hydrogen) atoms. The Hall–Kier alpha value is -2.09. The number of hydrogen-bond acceptors (Lipinski definition) is 3. The van der Waals surface area contributed by atoms with Crippen molar-refractivity contribution in [3.63, 3.8) is 0 Å². The van der Waals surface area contributed by atoms with Crippen molar-refractivity contribution in [1.82, 2.24) is 5.32 Å². The highest BCUT2D eigenvalue weighted by Gasteiger charge is 2.19. The lowest BCUT2D eigenvalue weighted by molar-refractivity contribution is -0.116. The van der Waals surface area contributed by atoms with Crippen molar-refractivity contribution >= 4 is 40.3 Å². The molecule has 2 rings (SSSR count). The van der Waals surface area contributed by atoms with Crippen LogP contribution in [0.15, 0.2) is 48.5 Å². The van der Waals surface area contributed by atoms with Crippen LogP contribution in [0.5, 0.6) is 0 Å². The van der Waals surface area contributed by atoms with Crippen molar-refractivity contribution in [3.8, 4) is 0 Å². The summed E-state index contributed by atoms with van der Waals surface area (Å²) in [5.41, 5.74) is 2.62. The molecule has 0 bridgehead atoms. The molecule has 0 saturated carbocycles. The zero-order valence-electron chi connectivity index (χ0n) is 14.2. The molecular weight excluding hydrogens is 431 g/mol. The summed E-state index contributed by atoms with van der Waals surface area (Å²) < 4.78 is 6.05. The normalized spacial score (nSPS) is 11.5. The van der Waals surface area contributed by atoms with Gasteiger partial charge >= 0.3 is 6.09 Å². The topological polar surface area (TPSA) is 67.4 Å². The Morgan fingerprint density at radius 2 is 1.88 bits per heavy atom. The molecule has 0 aliphatic heterocycles. The number of anilines is 1. The van der Waals surface area contributed by atoms with Gasteiger partial charge in [-0.1, -0.05) is 30.3 Å². The summed E-state index contributed by atoms with van der Waals surface area (Å²) in [5, 5.41) is 5.66. The highest BCUT2D eigenvalue weighted by atomic mass is 127. The molecule has 2 N–H and O–H groups in total. The van der Waals surface area contributed by atoms with Crippen molar-refractivity contribution in [2.24, 2.45) is 0 Å². The van der Waals surface area contributed by atoms with E-state index in [1.807, 2.05) is 55.5 Å². The first-order valence-corrected chi connectivity index (χ1v) is 9.11. The molecular formula is C19H21IN2O3. The van der Waals surface area contributed by atoms with Gasteiger partial charge in [-0.05, 0) is 65.8 Å². The first-order valence-electron chi connectivity index (χ1n) is 8.04. The second-order valence-electron chi connectivity index (χ2n) is 5.54. The van der Waals surface area contributed by atoms with Gasteiger partial charge in [-0.25, -0.2) is 4.79 Å². The van der Waals surface area contributed by atoms with Gasteiger partial charge in [0.05, 0.1) is 19.1 Å². The Balaban J connectivity index is 2.09. The fourth-order valence-electron chi connectivity index (χ4n) is 2.41. The summed E-state index contributed by atoms with van der Waals surface area (Å²) in [6.45, 7) is 3.97. The van der Waals surface area contributed by atoms with Gasteiger partial charge in [0.25, 0.3) is 0 Å². The highest BCUT2D eigenvalue weighted by Crippen LogP contribution is 2.21. The predicted octanol–water partition coefficient (Wildman–Crippen LogP) is 4.42. The number of alkyl carbamates (subject to hydrolysis) is 1. The van der Waals surface area contributed by atoms with Gasteiger partial charge in [-0.2, -0.15) is 0 Å². The summed E-state index contributed by atoms with van der Waals surface area (Å²) in [5.74, 6) is -0.171. The molecule has 0 aromatic heterocycles. The van der Waals surface area contributed by atoms with E-state index < -0.39 is 12.1 Å². The molecule has 0 fully saturated rings. The molecule has 0 saturated heterocycles. The van der Waals surface area contributed by atoms with Gasteiger partial charge in [0.1, 0.15) is 0 Å². The number of ether oxygens (including phenoxy) is 1. The SMILES string of the molecule is CCOC(=O)N[C@H](CC(=O)Nc1ccc(I)cc1C)c1ccccc1. The molecule has 2 amide bonds. The summed E-state index contributed by atoms with van der Waals surface area (Å²) in [6.07, 6.45) is -0.413. The molecule has 2 aromatic rings. The zero-order valence-corrected chi connectivity index (χ0v) is 16.4. The monoisotopic (exact) mass is 452 g/mol. The van der Waals surface area contributed by atoms with Crippen LogP contribution in [0.2, 0.25) is 0 Å². The number of amides is 2. The number of carbonyl (C=O) groups excluding carboxylic acids is 2. The number of carbonyl (C=O) groups is 2. The number of benzene rings is 2. The van der Waals surface area contributed by atoms with Crippen molar-refractivity contribution in [3.05, 3.63) is 63.2 Å². The molecule has 0 aliphatic rings. The van der Waals surface area contributed by atoms with Crippen LogP contribution in [-0.4, -0.2) is 18.6 Å². The summed E-state index contributed by atoms with van der Waals surface area (Å²) in [6, 6.07) is 14.7. The minimum Gasteiger partial charge on any atom is -0.450 e. The first-order chi connectivity index (χ1) is 12.0. The lowest BCUT2D eigenvalue weighted by Crippen LogP contribution is -2.32. The van der Waals surface area contributed by atoms with E-state index in [0.29, 0.717) is 0 Å². The van der Waals surface area contributed by atoms with Crippen molar-refractivity contribution < 1.29 is 14.3 Å². The summed E-state index contributed by atoms with van der Waals surface area (Å²) in [7, 11) is 0. The standard InChI is InChI=1S/C19H21IN2O3/c1-3-25-19(24)22-17(14-7-5-4-6-8-14)12-18(23)21-16-10-9-15(20)11-13(16)2/h4-11,17H,3,12H2,1-2H3,(H,21,23)(H,22,24)/t17-/m1/s1. The molecule has 5 nitrogen and oxygen atoms in total. The lowest BCUT2D eigenvalue weighted by Gasteiger charge is -2.19. The van der Waals surface area contributed by atoms with Crippen LogP contribution in [0.3, 0.4) is 0 Å². The Labute approximate surface area is 161 Å².